The summed E-state index contributed by atoms with van der Waals surface area (Å²) in [5.74, 6) is -1.60. The number of nitrogens with zero attached hydrogens (tertiary/aromatic N) is 1. The second-order valence-electron chi connectivity index (χ2n) is 6.32. The highest BCUT2D eigenvalue weighted by molar-refractivity contribution is 7.92. The maximum absolute atomic E-state index is 13.7. The van der Waals surface area contributed by atoms with Crippen LogP contribution >= 0.6 is 0 Å². The minimum Gasteiger partial charge on any atom is -0.481 e. The summed E-state index contributed by atoms with van der Waals surface area (Å²) in [5.41, 5.74) is 0.756. The molecule has 1 saturated carbocycles. The number of carboxylic acids is 1. The van der Waals surface area contributed by atoms with E-state index in [1.807, 2.05) is 0 Å². The number of aliphatic carboxylic acids is 1. The Balaban J connectivity index is 2.02. The van der Waals surface area contributed by atoms with Crippen molar-refractivity contribution in [3.63, 3.8) is 0 Å². The monoisotopic (exact) mass is 327 g/mol. The number of sulfonamides is 1. The van der Waals surface area contributed by atoms with E-state index >= 15 is 0 Å². The van der Waals surface area contributed by atoms with Crippen molar-refractivity contribution in [3.8, 4) is 0 Å². The van der Waals surface area contributed by atoms with Gasteiger partial charge in [0, 0.05) is 12.0 Å². The molecule has 7 heteroatoms. The largest absolute Gasteiger partial charge is 0.481 e. The molecule has 1 spiro atoms. The molecule has 22 heavy (non-hydrogen) atoms. The van der Waals surface area contributed by atoms with Crippen LogP contribution in [0.5, 0.6) is 0 Å². The Morgan fingerprint density at radius 1 is 1.36 bits per heavy atom. The van der Waals surface area contributed by atoms with Gasteiger partial charge < -0.3 is 5.11 Å². The van der Waals surface area contributed by atoms with Gasteiger partial charge in [-0.25, -0.2) is 12.8 Å². The van der Waals surface area contributed by atoms with Gasteiger partial charge in [-0.3, -0.25) is 9.10 Å². The van der Waals surface area contributed by atoms with Gasteiger partial charge in [-0.2, -0.15) is 0 Å². The third kappa shape index (κ3) is 2.37. The molecule has 120 valence electrons. The van der Waals surface area contributed by atoms with E-state index in [1.54, 1.807) is 0 Å². The maximum Gasteiger partial charge on any atom is 0.306 e. The normalized spacial score (nSPS) is 27.9. The fraction of sp³-hybridized carbons (Fsp3) is 0.533. The second kappa shape index (κ2) is 4.94. The van der Waals surface area contributed by atoms with Crippen LogP contribution in [0.3, 0.4) is 0 Å². The first-order valence-corrected chi connectivity index (χ1v) is 9.08. The smallest absolute Gasteiger partial charge is 0.306 e. The maximum atomic E-state index is 13.7. The topological polar surface area (TPSA) is 74.7 Å². The Kier molecular flexibility index (Phi) is 3.43. The molecule has 1 aliphatic heterocycles. The molecule has 0 saturated heterocycles. The van der Waals surface area contributed by atoms with Crippen LogP contribution in [-0.2, 0) is 20.2 Å². The zero-order valence-electron chi connectivity index (χ0n) is 12.3. The molecular formula is C15H18FNO4S. The molecule has 0 radical (unpaired) electrons. The van der Waals surface area contributed by atoms with Crippen molar-refractivity contribution in [2.24, 2.45) is 5.92 Å². The molecule has 1 aromatic carbocycles. The van der Waals surface area contributed by atoms with Crippen molar-refractivity contribution >= 4 is 21.7 Å². The average molecular weight is 327 g/mol. The lowest BCUT2D eigenvalue weighted by atomic mass is 9.68. The lowest BCUT2D eigenvalue weighted by Gasteiger charge is -2.36. The van der Waals surface area contributed by atoms with Crippen LogP contribution in [0.25, 0.3) is 0 Å². The molecule has 1 aromatic rings. The van der Waals surface area contributed by atoms with E-state index in [0.717, 1.165) is 6.26 Å². The summed E-state index contributed by atoms with van der Waals surface area (Å²) < 4.78 is 39.0. The predicted octanol–water partition coefficient (Wildman–Crippen LogP) is 2.12. The summed E-state index contributed by atoms with van der Waals surface area (Å²) in [7, 11) is -3.44. The Morgan fingerprint density at radius 3 is 2.55 bits per heavy atom. The quantitative estimate of drug-likeness (QED) is 0.903. The van der Waals surface area contributed by atoms with E-state index in [-0.39, 0.29) is 6.54 Å². The van der Waals surface area contributed by atoms with E-state index in [1.165, 1.54) is 22.5 Å². The van der Waals surface area contributed by atoms with Crippen molar-refractivity contribution in [3.05, 3.63) is 29.6 Å². The minimum absolute atomic E-state index is 0.275. The van der Waals surface area contributed by atoms with Crippen LogP contribution in [0.15, 0.2) is 18.2 Å². The molecule has 0 amide bonds. The van der Waals surface area contributed by atoms with E-state index in [4.69, 9.17) is 5.11 Å². The lowest BCUT2D eigenvalue weighted by molar-refractivity contribution is -0.143. The molecule has 0 unspecified atom stereocenters. The van der Waals surface area contributed by atoms with Gasteiger partial charge in [0.1, 0.15) is 5.82 Å². The van der Waals surface area contributed by atoms with E-state index in [0.29, 0.717) is 36.9 Å². The number of halogens is 1. The molecule has 0 bridgehead atoms. The average Bonchev–Trinajstić information content (AvgIpc) is 2.74. The standard InChI is InChI=1S/C15H18FNO4S/c1-22(20,21)17-9-15(6-4-10(5-7-15)14(18)19)12-8-11(16)2-3-13(12)17/h2-3,8,10H,4-7,9H2,1H3,(H,18,19). The molecule has 1 fully saturated rings. The number of hydrogen-bond donors (Lipinski definition) is 1. The first-order chi connectivity index (χ1) is 10.2. The molecule has 0 atom stereocenters. The number of hydrogen-bond acceptors (Lipinski definition) is 3. The summed E-state index contributed by atoms with van der Waals surface area (Å²) >= 11 is 0. The highest BCUT2D eigenvalue weighted by atomic mass is 32.2. The van der Waals surface area contributed by atoms with Crippen LogP contribution in [0.4, 0.5) is 10.1 Å². The molecule has 5 nitrogen and oxygen atoms in total. The third-order valence-electron chi connectivity index (χ3n) is 4.94. The van der Waals surface area contributed by atoms with E-state index < -0.39 is 33.1 Å². The van der Waals surface area contributed by atoms with Crippen molar-refractivity contribution in [1.29, 1.82) is 0 Å². The molecule has 0 aromatic heterocycles. The van der Waals surface area contributed by atoms with Crippen molar-refractivity contribution in [2.45, 2.75) is 31.1 Å². The second-order valence-corrected chi connectivity index (χ2v) is 8.23. The molecular weight excluding hydrogens is 309 g/mol. The van der Waals surface area contributed by atoms with Crippen LogP contribution < -0.4 is 4.31 Å². The van der Waals surface area contributed by atoms with Crippen LogP contribution in [0.2, 0.25) is 0 Å². The van der Waals surface area contributed by atoms with Gasteiger partial charge in [-0.1, -0.05) is 0 Å². The number of benzene rings is 1. The Morgan fingerprint density at radius 2 is 2.00 bits per heavy atom. The Hall–Kier alpha value is -1.63. The minimum atomic E-state index is -3.44. The summed E-state index contributed by atoms with van der Waals surface area (Å²) in [6.45, 7) is 0.275. The van der Waals surface area contributed by atoms with Crippen molar-refractivity contribution in [1.82, 2.24) is 0 Å². The Labute approximate surface area is 128 Å². The van der Waals surface area contributed by atoms with Gasteiger partial charge in [0.25, 0.3) is 0 Å². The highest BCUT2D eigenvalue weighted by Gasteiger charge is 2.48. The summed E-state index contributed by atoms with van der Waals surface area (Å²) in [6.07, 6.45) is 3.24. The van der Waals surface area contributed by atoms with Gasteiger partial charge in [-0.15, -0.1) is 0 Å². The number of anilines is 1. The first kappa shape index (κ1) is 15.3. The fourth-order valence-corrected chi connectivity index (χ4v) is 4.73. The van der Waals surface area contributed by atoms with Crippen molar-refractivity contribution < 1.29 is 22.7 Å². The number of carbonyl (C=O) groups is 1. The zero-order chi connectivity index (χ0) is 16.1. The van der Waals surface area contributed by atoms with Crippen LogP contribution in [-0.4, -0.2) is 32.3 Å². The molecule has 1 N–H and O–H groups in total. The van der Waals surface area contributed by atoms with Crippen LogP contribution in [0, 0.1) is 11.7 Å². The number of rotatable bonds is 2. The van der Waals surface area contributed by atoms with Gasteiger partial charge >= 0.3 is 5.97 Å². The SMILES string of the molecule is CS(=O)(=O)N1CC2(CCC(C(=O)O)CC2)c2cc(F)ccc21. The highest BCUT2D eigenvalue weighted by Crippen LogP contribution is 2.51. The van der Waals surface area contributed by atoms with Gasteiger partial charge in [0.05, 0.1) is 17.9 Å². The van der Waals surface area contributed by atoms with E-state index in [2.05, 4.69) is 0 Å². The predicted molar refractivity (Wildman–Crippen MR) is 79.9 cm³/mol. The molecule has 1 aliphatic carbocycles. The third-order valence-corrected chi connectivity index (χ3v) is 6.06. The zero-order valence-corrected chi connectivity index (χ0v) is 13.1. The molecule has 3 rings (SSSR count). The summed E-state index contributed by atoms with van der Waals surface area (Å²) in [4.78, 5) is 11.1. The summed E-state index contributed by atoms with van der Waals surface area (Å²) in [5, 5.41) is 9.12. The number of fused-ring (bicyclic) bond motifs is 2. The van der Waals surface area contributed by atoms with Crippen molar-refractivity contribution in [2.75, 3.05) is 17.1 Å². The van der Waals surface area contributed by atoms with Gasteiger partial charge in [0.2, 0.25) is 10.0 Å². The fourth-order valence-electron chi connectivity index (χ4n) is 3.74. The molecule has 2 aliphatic rings. The van der Waals surface area contributed by atoms with Gasteiger partial charge in [-0.05, 0) is 49.4 Å². The molecule has 1 heterocycles. The number of carboxylic acid groups (broad SMARTS) is 1. The lowest BCUT2D eigenvalue weighted by Crippen LogP contribution is -2.40. The Bertz CT molecular complexity index is 723. The first-order valence-electron chi connectivity index (χ1n) is 7.23. The van der Waals surface area contributed by atoms with Gasteiger partial charge in [0.15, 0.2) is 0 Å². The van der Waals surface area contributed by atoms with E-state index in [9.17, 15) is 17.6 Å². The van der Waals surface area contributed by atoms with Crippen LogP contribution in [0.1, 0.15) is 31.2 Å². The summed E-state index contributed by atoms with van der Waals surface area (Å²) in [6, 6.07) is 4.17.